The maximum atomic E-state index is 8.62. The lowest BCUT2D eigenvalue weighted by Gasteiger charge is -2.23. The first-order valence-electron chi connectivity index (χ1n) is 11.0. The van der Waals surface area contributed by atoms with Gasteiger partial charge in [0, 0.05) is 22.5 Å². The molecule has 0 fully saturated rings. The second-order valence-corrected chi connectivity index (χ2v) is 9.22. The molecule has 14 heteroatoms. The maximum Gasteiger partial charge on any atom is 0.562 e. The number of aromatic nitrogens is 4. The summed E-state index contributed by atoms with van der Waals surface area (Å²) in [6.07, 6.45) is 0.198. The molecule has 38 heavy (non-hydrogen) atoms. The number of nitrogens with two attached hydrogens (primary N) is 1. The van der Waals surface area contributed by atoms with E-state index in [-0.39, 0.29) is 23.3 Å². The van der Waals surface area contributed by atoms with Gasteiger partial charge in [0.2, 0.25) is 22.8 Å². The van der Waals surface area contributed by atoms with Gasteiger partial charge in [-0.2, -0.15) is 19.6 Å². The van der Waals surface area contributed by atoms with Crippen molar-refractivity contribution in [3.63, 3.8) is 0 Å². The minimum Gasteiger partial charge on any atom is -0.394 e. The number of benzene rings is 4. The molecule has 1 aliphatic rings. The van der Waals surface area contributed by atoms with E-state index in [1.54, 1.807) is 10.7 Å². The highest BCUT2D eigenvalue weighted by Crippen LogP contribution is 2.46. The summed E-state index contributed by atoms with van der Waals surface area (Å²) in [5, 5.41) is 18.9. The molecule has 0 bridgehead atoms. The van der Waals surface area contributed by atoms with Crippen LogP contribution in [0.3, 0.4) is 0 Å². The van der Waals surface area contributed by atoms with Crippen molar-refractivity contribution < 1.29 is 28.5 Å². The van der Waals surface area contributed by atoms with Crippen molar-refractivity contribution in [2.75, 3.05) is 11.1 Å². The zero-order valence-corrected chi connectivity index (χ0v) is 20.5. The van der Waals surface area contributed by atoms with Crippen molar-refractivity contribution in [2.24, 2.45) is 0 Å². The fourth-order valence-corrected chi connectivity index (χ4v) is 5.10. The van der Waals surface area contributed by atoms with Gasteiger partial charge >= 0.3 is 6.08 Å². The van der Waals surface area contributed by atoms with Gasteiger partial charge in [0.25, 0.3) is 5.52 Å². The predicted molar refractivity (Wildman–Crippen MR) is 140 cm³/mol. The molecule has 0 radical (unpaired) electrons. The first kappa shape index (κ1) is 22.8. The van der Waals surface area contributed by atoms with Crippen molar-refractivity contribution in [3.05, 3.63) is 71.4 Å². The van der Waals surface area contributed by atoms with E-state index in [1.165, 1.54) is 0 Å². The van der Waals surface area contributed by atoms with E-state index in [0.717, 1.165) is 44.8 Å². The number of anilines is 3. The van der Waals surface area contributed by atoms with Crippen molar-refractivity contribution in [3.8, 4) is 11.8 Å². The molecule has 0 saturated heterocycles. The molecule has 2 aromatic heterocycles. The normalized spacial score (nSPS) is 12.3. The van der Waals surface area contributed by atoms with Crippen LogP contribution >= 0.6 is 23.6 Å². The average Bonchev–Trinajstić information content (AvgIpc) is 3.27. The third kappa shape index (κ3) is 3.77. The van der Waals surface area contributed by atoms with Crippen LogP contribution in [-0.2, 0) is 9.37 Å². The summed E-state index contributed by atoms with van der Waals surface area (Å²) in [6.45, 7) is 0. The predicted octanol–water partition coefficient (Wildman–Crippen LogP) is 6.19. The van der Waals surface area contributed by atoms with Gasteiger partial charge in [0.05, 0.1) is 22.3 Å². The monoisotopic (exact) mass is 547 g/mol. The Morgan fingerprint density at radius 2 is 1.89 bits per heavy atom. The largest absolute Gasteiger partial charge is 0.562 e. The fraction of sp³-hybridized carbons (Fsp3) is 0. The zero-order chi connectivity index (χ0) is 25.8. The lowest BCUT2D eigenvalue weighted by atomic mass is 10.1. The third-order valence-electron chi connectivity index (χ3n) is 5.91. The van der Waals surface area contributed by atoms with Crippen molar-refractivity contribution in [2.45, 2.75) is 4.90 Å². The highest BCUT2D eigenvalue weighted by atomic mass is 35.5. The van der Waals surface area contributed by atoms with E-state index in [2.05, 4.69) is 29.6 Å². The minimum atomic E-state index is -0.00300. The number of halogens is 1. The van der Waals surface area contributed by atoms with Gasteiger partial charge in [-0.05, 0) is 46.9 Å². The third-order valence-corrected chi connectivity index (χ3v) is 6.72. The highest BCUT2D eigenvalue weighted by molar-refractivity contribution is 7.94. The van der Waals surface area contributed by atoms with Crippen LogP contribution < -0.4 is 20.5 Å². The number of hydrogen-bond acceptors (Lipinski definition) is 11. The van der Waals surface area contributed by atoms with Crippen LogP contribution in [0, 0.1) is 0 Å². The van der Waals surface area contributed by atoms with Crippen LogP contribution in [0.25, 0.3) is 38.1 Å². The molecule has 4 aromatic carbocycles. The number of nitrogen functional groups attached to an aromatic ring is 1. The molecule has 4 N–H and O–H groups in total. The number of ether oxygens (including phenoxy) is 1. The van der Waals surface area contributed by atoms with Crippen LogP contribution in [-0.4, -0.2) is 20.2 Å². The molecule has 0 atom stereocenters. The molecule has 0 aliphatic carbocycles. The number of nitrogens with one attached hydrogen (secondary N) is 1. The molecule has 0 saturated carbocycles. The lowest BCUT2D eigenvalue weighted by Crippen LogP contribution is -2.30. The number of hydrogen-bond donors (Lipinski definition) is 3. The number of oxazole rings is 1. The Balaban J connectivity index is 1.29. The Labute approximate surface area is 222 Å². The van der Waals surface area contributed by atoms with Gasteiger partial charge in [0.1, 0.15) is 5.75 Å². The summed E-state index contributed by atoms with van der Waals surface area (Å²) in [5.74, 6) is 0.802. The lowest BCUT2D eigenvalue weighted by molar-refractivity contribution is -0.605. The molecular weight excluding hydrogens is 534 g/mol. The summed E-state index contributed by atoms with van der Waals surface area (Å²) >= 11 is 6.74. The second kappa shape index (κ2) is 8.86. The molecule has 12 nitrogen and oxygen atoms in total. The summed E-state index contributed by atoms with van der Waals surface area (Å²) in [4.78, 5) is 12.5. The number of fused-ring (bicyclic) bond motifs is 8. The molecule has 0 spiro atoms. The minimum absolute atomic E-state index is 0.00300. The van der Waals surface area contributed by atoms with Gasteiger partial charge in [-0.25, -0.2) is 5.26 Å². The van der Waals surface area contributed by atoms with Gasteiger partial charge in [-0.1, -0.05) is 35.4 Å². The van der Waals surface area contributed by atoms with Crippen LogP contribution in [0.5, 0.6) is 11.8 Å². The fourth-order valence-electron chi connectivity index (χ4n) is 4.40. The Hall–Kier alpha value is -4.40. The van der Waals surface area contributed by atoms with Gasteiger partial charge in [0.15, 0.2) is 0 Å². The van der Waals surface area contributed by atoms with Crippen LogP contribution in [0.1, 0.15) is 0 Å². The van der Waals surface area contributed by atoms with Crippen molar-refractivity contribution in [1.29, 1.82) is 0 Å². The standard InChI is InChI=1S/C24H14ClN7O5S/c25-21-28-22(26)30-23(29-21)27-12-6-7-13-11(9-12)5-8-16-20(13)35-24-32(31-16)19-15-4-2-1-3-14(15)18(38-37-36-33)10-17(19)34-24/h1-10,33H,(H3,26,27,28,29,30). The molecular formula is C24H14ClN7O5S. The first-order chi connectivity index (χ1) is 18.6. The Morgan fingerprint density at radius 1 is 1.03 bits per heavy atom. The summed E-state index contributed by atoms with van der Waals surface area (Å²) < 4.78 is 18.6. The molecule has 0 amide bonds. The molecule has 3 heterocycles. The molecule has 188 valence electrons. The van der Waals surface area contributed by atoms with E-state index < -0.39 is 0 Å². The maximum absolute atomic E-state index is 8.62. The van der Waals surface area contributed by atoms with Crippen LogP contribution in [0.2, 0.25) is 5.28 Å². The molecule has 0 unspecified atom stereocenters. The van der Waals surface area contributed by atoms with E-state index in [0.29, 0.717) is 21.9 Å². The van der Waals surface area contributed by atoms with E-state index in [9.17, 15) is 0 Å². The van der Waals surface area contributed by atoms with E-state index in [4.69, 9.17) is 37.2 Å². The summed E-state index contributed by atoms with van der Waals surface area (Å²) in [7, 11) is 0. The summed E-state index contributed by atoms with van der Waals surface area (Å²) in [6, 6.07) is 18.9. The Kier molecular flexibility index (Phi) is 5.31. The SMILES string of the molecule is Nc1nc(Cl)nc(Nc2ccc3c4c(ccc3c2)[N-][n+]2c(oc3cc(SOOO)c5ccccc5c32)O4)n1. The Morgan fingerprint density at radius 3 is 2.74 bits per heavy atom. The summed E-state index contributed by atoms with van der Waals surface area (Å²) in [5.41, 5.74) is 13.1. The van der Waals surface area contributed by atoms with E-state index in [1.807, 2.05) is 54.6 Å². The molecule has 7 rings (SSSR count). The van der Waals surface area contributed by atoms with Crippen LogP contribution in [0.15, 0.2) is 70.0 Å². The van der Waals surface area contributed by atoms with Gasteiger partial charge in [-0.15, -0.1) is 4.33 Å². The zero-order valence-electron chi connectivity index (χ0n) is 19.0. The molecule has 1 aliphatic heterocycles. The van der Waals surface area contributed by atoms with Gasteiger partial charge in [-0.3, -0.25) is 0 Å². The number of rotatable bonds is 5. The van der Waals surface area contributed by atoms with Crippen molar-refractivity contribution >= 4 is 79.6 Å². The quantitative estimate of drug-likeness (QED) is 0.0976. The second-order valence-electron chi connectivity index (χ2n) is 8.14. The number of nitrogens with zero attached hydrogens (tertiary/aromatic N) is 5. The molecule has 6 aromatic rings. The highest BCUT2D eigenvalue weighted by Gasteiger charge is 2.29. The average molecular weight is 548 g/mol. The van der Waals surface area contributed by atoms with Gasteiger partial charge < -0.3 is 25.6 Å². The van der Waals surface area contributed by atoms with E-state index >= 15 is 0 Å². The van der Waals surface area contributed by atoms with Crippen molar-refractivity contribution in [1.82, 2.24) is 15.0 Å². The van der Waals surface area contributed by atoms with Crippen LogP contribution in [0.4, 0.5) is 23.3 Å². The topological polar surface area (TPSA) is 156 Å². The Bertz CT molecular complexity index is 1880. The smallest absolute Gasteiger partial charge is 0.394 e. The first-order valence-corrected chi connectivity index (χ1v) is 12.1.